The smallest absolute Gasteiger partial charge is 0.358 e. The molecule has 1 aromatic carbocycles. The number of carbonyl (C=O) groups is 2. The van der Waals surface area contributed by atoms with Crippen molar-refractivity contribution in [2.75, 3.05) is 13.7 Å². The molecule has 0 unspecified atom stereocenters. The monoisotopic (exact) mass is 342 g/mol. The van der Waals surface area contributed by atoms with Gasteiger partial charge in [-0.3, -0.25) is 9.36 Å². The van der Waals surface area contributed by atoms with Crippen LogP contribution >= 0.6 is 12.2 Å². The van der Waals surface area contributed by atoms with Crippen LogP contribution in [0.2, 0.25) is 0 Å². The summed E-state index contributed by atoms with van der Waals surface area (Å²) in [4.78, 5) is 34.5. The lowest BCUT2D eigenvalue weighted by Gasteiger charge is -2.14. The van der Waals surface area contributed by atoms with E-state index < -0.39 is 5.97 Å². The highest BCUT2D eigenvalue weighted by atomic mass is 32.1. The minimum Gasteiger partial charge on any atom is -0.461 e. The molecule has 7 nitrogen and oxygen atoms in total. The molecule has 0 fully saturated rings. The molecule has 2 aromatic rings. The number of imidazole rings is 1. The van der Waals surface area contributed by atoms with Gasteiger partial charge in [-0.05, 0) is 31.3 Å². The van der Waals surface area contributed by atoms with Crippen LogP contribution in [0.4, 0.5) is 5.69 Å². The number of hydrogen-bond acceptors (Lipinski definition) is 6. The summed E-state index contributed by atoms with van der Waals surface area (Å²) in [5.74, 6) is -0.698. The normalized spacial score (nSPS) is 12.8. The van der Waals surface area contributed by atoms with Gasteiger partial charge in [-0.1, -0.05) is 6.07 Å². The molecular formula is C16H14N4O3S. The molecule has 0 bridgehead atoms. The molecule has 0 aliphatic carbocycles. The molecule has 1 aromatic heterocycles. The van der Waals surface area contributed by atoms with Gasteiger partial charge in [-0.15, -0.1) is 0 Å². The Bertz CT molecular complexity index is 883. The van der Waals surface area contributed by atoms with E-state index in [4.69, 9.17) is 17.0 Å². The fourth-order valence-electron chi connectivity index (χ4n) is 2.69. The molecule has 0 spiro atoms. The van der Waals surface area contributed by atoms with Crippen molar-refractivity contribution in [1.82, 2.24) is 14.5 Å². The molecule has 1 aliphatic heterocycles. The van der Waals surface area contributed by atoms with Crippen molar-refractivity contribution < 1.29 is 14.3 Å². The minimum atomic E-state index is -0.522. The van der Waals surface area contributed by atoms with Crippen molar-refractivity contribution in [1.29, 1.82) is 0 Å². The zero-order chi connectivity index (χ0) is 17.3. The Labute approximate surface area is 143 Å². The summed E-state index contributed by atoms with van der Waals surface area (Å²) >= 11 is 4.69. The number of nitrogens with zero attached hydrogens (tertiary/aromatic N) is 4. The average Bonchev–Trinajstić information content (AvgIpc) is 2.93. The summed E-state index contributed by atoms with van der Waals surface area (Å²) in [6, 6.07) is 5.16. The summed E-state index contributed by atoms with van der Waals surface area (Å²) in [6.07, 6.45) is 1.50. The topological polar surface area (TPSA) is 76.8 Å². The van der Waals surface area contributed by atoms with Crippen LogP contribution in [0.3, 0.4) is 0 Å². The van der Waals surface area contributed by atoms with E-state index in [0.29, 0.717) is 22.6 Å². The summed E-state index contributed by atoms with van der Waals surface area (Å²) in [5.41, 5.74) is 2.22. The van der Waals surface area contributed by atoms with E-state index in [9.17, 15) is 9.59 Å². The quantitative estimate of drug-likeness (QED) is 0.486. The number of isothiocyanates is 1. The Morgan fingerprint density at radius 3 is 3.00 bits per heavy atom. The van der Waals surface area contributed by atoms with Crippen LogP contribution in [0.25, 0.3) is 5.69 Å². The fraction of sp³-hybridized carbons (Fsp3) is 0.250. The molecule has 2 heterocycles. The van der Waals surface area contributed by atoms with E-state index in [1.807, 2.05) is 0 Å². The molecule has 0 N–H and O–H groups in total. The van der Waals surface area contributed by atoms with Gasteiger partial charge in [-0.25, -0.2) is 9.78 Å². The molecule has 1 aliphatic rings. The number of ether oxygens (including phenoxy) is 1. The van der Waals surface area contributed by atoms with Gasteiger partial charge < -0.3 is 9.64 Å². The second-order valence-electron chi connectivity index (χ2n) is 5.17. The van der Waals surface area contributed by atoms with Gasteiger partial charge in [-0.2, -0.15) is 4.99 Å². The van der Waals surface area contributed by atoms with Crippen LogP contribution in [0.1, 0.15) is 33.5 Å². The lowest BCUT2D eigenvalue weighted by atomic mass is 10.1. The molecule has 0 atom stereocenters. The molecule has 122 valence electrons. The fourth-order valence-corrected chi connectivity index (χ4v) is 2.78. The molecule has 3 rings (SSSR count). The zero-order valence-electron chi connectivity index (χ0n) is 13.1. The maximum atomic E-state index is 12.7. The molecule has 24 heavy (non-hydrogen) atoms. The van der Waals surface area contributed by atoms with Gasteiger partial charge in [0.1, 0.15) is 6.33 Å². The van der Waals surface area contributed by atoms with Crippen LogP contribution in [0, 0.1) is 0 Å². The van der Waals surface area contributed by atoms with Gasteiger partial charge in [0, 0.05) is 7.05 Å². The maximum Gasteiger partial charge on any atom is 0.358 e. The third kappa shape index (κ3) is 2.51. The van der Waals surface area contributed by atoms with Crippen molar-refractivity contribution in [2.45, 2.75) is 13.5 Å². The van der Waals surface area contributed by atoms with Crippen LogP contribution in [0.15, 0.2) is 29.5 Å². The number of thiocarbonyl (C=S) groups is 1. The summed E-state index contributed by atoms with van der Waals surface area (Å²) < 4.78 is 6.74. The van der Waals surface area contributed by atoms with E-state index in [2.05, 4.69) is 15.1 Å². The predicted octanol–water partition coefficient (Wildman–Crippen LogP) is 2.37. The molecule has 0 saturated carbocycles. The van der Waals surface area contributed by atoms with E-state index in [1.165, 1.54) is 11.2 Å². The van der Waals surface area contributed by atoms with Crippen LogP contribution in [-0.2, 0) is 11.3 Å². The first-order chi connectivity index (χ1) is 11.6. The Morgan fingerprint density at radius 2 is 2.29 bits per heavy atom. The highest BCUT2D eigenvalue weighted by Crippen LogP contribution is 2.32. The van der Waals surface area contributed by atoms with Crippen molar-refractivity contribution >= 4 is 34.9 Å². The first kappa shape index (κ1) is 16.0. The van der Waals surface area contributed by atoms with Crippen LogP contribution < -0.4 is 0 Å². The summed E-state index contributed by atoms with van der Waals surface area (Å²) in [5, 5.41) is 2.32. The Morgan fingerprint density at radius 1 is 1.50 bits per heavy atom. The Balaban J connectivity index is 2.29. The summed E-state index contributed by atoms with van der Waals surface area (Å²) in [7, 11) is 1.67. The first-order valence-electron chi connectivity index (χ1n) is 7.28. The number of para-hydroxylation sites is 1. The molecule has 0 radical (unpaired) electrons. The third-order valence-corrected chi connectivity index (χ3v) is 3.81. The van der Waals surface area contributed by atoms with Crippen molar-refractivity contribution in [3.63, 3.8) is 0 Å². The third-order valence-electron chi connectivity index (χ3n) is 3.72. The second-order valence-corrected chi connectivity index (χ2v) is 5.35. The van der Waals surface area contributed by atoms with Crippen LogP contribution in [-0.4, -0.2) is 45.1 Å². The van der Waals surface area contributed by atoms with Gasteiger partial charge in [0.05, 0.1) is 40.9 Å². The van der Waals surface area contributed by atoms with Gasteiger partial charge in [0.2, 0.25) is 0 Å². The average molecular weight is 342 g/mol. The Hall–Kier alpha value is -2.83. The van der Waals surface area contributed by atoms with Gasteiger partial charge in [0.25, 0.3) is 5.91 Å². The number of amides is 1. The maximum absolute atomic E-state index is 12.7. The largest absolute Gasteiger partial charge is 0.461 e. The number of esters is 1. The van der Waals surface area contributed by atoms with Gasteiger partial charge >= 0.3 is 5.97 Å². The number of rotatable bonds is 3. The lowest BCUT2D eigenvalue weighted by molar-refractivity contribution is 0.0516. The number of carbonyl (C=O) groups excluding carboxylic acids is 2. The van der Waals surface area contributed by atoms with Crippen molar-refractivity contribution in [3.05, 3.63) is 41.5 Å². The highest BCUT2D eigenvalue weighted by Gasteiger charge is 2.30. The predicted molar refractivity (Wildman–Crippen MR) is 90.0 cm³/mol. The number of aromatic nitrogens is 2. The van der Waals surface area contributed by atoms with Crippen molar-refractivity contribution in [2.24, 2.45) is 4.99 Å². The number of hydrogen-bond donors (Lipinski definition) is 0. The van der Waals surface area contributed by atoms with E-state index in [0.717, 1.165) is 0 Å². The van der Waals surface area contributed by atoms with Gasteiger partial charge in [0.15, 0.2) is 5.69 Å². The zero-order valence-corrected chi connectivity index (χ0v) is 14.0. The standard InChI is InChI=1S/C16H14N4O3S/c1-3-23-16(22)13-12-7-19(2)15(21)10-5-4-6-11(18-9-24)14(10)20(12)8-17-13/h4-6,8H,3,7H2,1-2H3. The minimum absolute atomic E-state index is 0.176. The van der Waals surface area contributed by atoms with Crippen LogP contribution in [0.5, 0.6) is 0 Å². The Kier molecular flexibility index (Phi) is 4.24. The van der Waals surface area contributed by atoms with E-state index in [-0.39, 0.29) is 24.8 Å². The highest BCUT2D eigenvalue weighted by molar-refractivity contribution is 7.78. The number of aliphatic imine (C=N–C) groups is 1. The summed E-state index contributed by atoms with van der Waals surface area (Å²) in [6.45, 7) is 2.20. The molecule has 1 amide bonds. The number of fused-ring (bicyclic) bond motifs is 3. The first-order valence-corrected chi connectivity index (χ1v) is 7.69. The molecular weight excluding hydrogens is 328 g/mol. The SMILES string of the molecule is CCOC(=O)c1ncn2c1CN(C)C(=O)c1cccc(N=C=S)c1-2. The molecule has 0 saturated heterocycles. The number of benzene rings is 1. The molecule has 8 heteroatoms. The van der Waals surface area contributed by atoms with Crippen molar-refractivity contribution in [3.8, 4) is 5.69 Å². The second kappa shape index (κ2) is 6.35. The lowest BCUT2D eigenvalue weighted by Crippen LogP contribution is -2.25. The van der Waals surface area contributed by atoms with E-state index in [1.54, 1.807) is 36.7 Å². The van der Waals surface area contributed by atoms with E-state index >= 15 is 0 Å².